The Labute approximate surface area is 112 Å². The highest BCUT2D eigenvalue weighted by atomic mass is 16.5. The minimum absolute atomic E-state index is 0.0610. The minimum atomic E-state index is 0.0610. The molecule has 1 unspecified atom stereocenters. The van der Waals surface area contributed by atoms with Crippen molar-refractivity contribution in [2.24, 2.45) is 5.92 Å². The Morgan fingerprint density at radius 1 is 1.47 bits per heavy atom. The van der Waals surface area contributed by atoms with Crippen LogP contribution in [0.4, 0.5) is 0 Å². The zero-order valence-electron chi connectivity index (χ0n) is 11.1. The van der Waals surface area contributed by atoms with Crippen molar-refractivity contribution < 1.29 is 9.53 Å². The third kappa shape index (κ3) is 2.28. The largest absolute Gasteiger partial charge is 0.381 e. The monoisotopic (exact) mass is 258 g/mol. The third-order valence-electron chi connectivity index (χ3n) is 3.75. The van der Waals surface area contributed by atoms with Crippen LogP contribution < -0.4 is 0 Å². The lowest BCUT2D eigenvalue weighted by Gasteiger charge is -2.10. The fourth-order valence-electron chi connectivity index (χ4n) is 2.65. The maximum absolute atomic E-state index is 12.3. The number of imidazole rings is 1. The average Bonchev–Trinajstić information content (AvgIpc) is 3.06. The zero-order valence-corrected chi connectivity index (χ0v) is 11.1. The van der Waals surface area contributed by atoms with Crippen LogP contribution >= 0.6 is 0 Å². The van der Waals surface area contributed by atoms with E-state index in [1.807, 2.05) is 24.3 Å². The summed E-state index contributed by atoms with van der Waals surface area (Å²) in [6, 6.07) is 7.99. The Morgan fingerprint density at radius 2 is 2.32 bits per heavy atom. The standard InChI is InChI=1S/C15H18N2O2/c1-2-15-16-12-5-3-4-6-13(12)17(15)9-14(18)11-7-8-19-10-11/h3-6,11H,2,7-10H2,1H3. The first kappa shape index (κ1) is 12.4. The number of Topliss-reactive ketones (excluding diaryl/α,β-unsaturated/α-hetero) is 1. The van der Waals surface area contributed by atoms with Gasteiger partial charge in [0.25, 0.3) is 0 Å². The summed E-state index contributed by atoms with van der Waals surface area (Å²) in [5.41, 5.74) is 2.02. The van der Waals surface area contributed by atoms with Crippen LogP contribution in [0.1, 0.15) is 19.2 Å². The van der Waals surface area contributed by atoms with Crippen molar-refractivity contribution in [3.8, 4) is 0 Å². The van der Waals surface area contributed by atoms with E-state index < -0.39 is 0 Å². The highest BCUT2D eigenvalue weighted by Crippen LogP contribution is 2.19. The van der Waals surface area contributed by atoms with Gasteiger partial charge in [0.1, 0.15) is 5.82 Å². The number of aryl methyl sites for hydroxylation is 1. The summed E-state index contributed by atoms with van der Waals surface area (Å²) >= 11 is 0. The van der Waals surface area contributed by atoms with E-state index in [-0.39, 0.29) is 11.7 Å². The van der Waals surface area contributed by atoms with E-state index in [9.17, 15) is 4.79 Å². The lowest BCUT2D eigenvalue weighted by molar-refractivity contribution is -0.123. The molecule has 4 nitrogen and oxygen atoms in total. The van der Waals surface area contributed by atoms with Gasteiger partial charge in [-0.25, -0.2) is 4.98 Å². The van der Waals surface area contributed by atoms with Gasteiger partial charge in [-0.2, -0.15) is 0 Å². The van der Waals surface area contributed by atoms with E-state index in [0.29, 0.717) is 19.8 Å². The second-order valence-corrected chi connectivity index (χ2v) is 4.98. The molecule has 2 heterocycles. The second kappa shape index (κ2) is 5.13. The highest BCUT2D eigenvalue weighted by molar-refractivity contribution is 5.84. The molecule has 1 aromatic carbocycles. The van der Waals surface area contributed by atoms with Crippen molar-refractivity contribution >= 4 is 16.8 Å². The molecule has 1 aliphatic rings. The van der Waals surface area contributed by atoms with Gasteiger partial charge in [-0.1, -0.05) is 19.1 Å². The van der Waals surface area contributed by atoms with Gasteiger partial charge in [0.05, 0.1) is 24.2 Å². The Bertz CT molecular complexity index is 597. The SMILES string of the molecule is CCc1nc2ccccc2n1CC(=O)C1CCOC1. The number of hydrogen-bond acceptors (Lipinski definition) is 3. The number of nitrogens with zero attached hydrogens (tertiary/aromatic N) is 2. The summed E-state index contributed by atoms with van der Waals surface area (Å²) < 4.78 is 7.35. The van der Waals surface area contributed by atoms with Gasteiger partial charge in [0.15, 0.2) is 5.78 Å². The van der Waals surface area contributed by atoms with Crippen LogP contribution in [0.15, 0.2) is 24.3 Å². The van der Waals surface area contributed by atoms with Gasteiger partial charge >= 0.3 is 0 Å². The molecule has 1 fully saturated rings. The predicted molar refractivity (Wildman–Crippen MR) is 73.0 cm³/mol. The summed E-state index contributed by atoms with van der Waals surface area (Å²) in [5, 5.41) is 0. The highest BCUT2D eigenvalue weighted by Gasteiger charge is 2.24. The van der Waals surface area contributed by atoms with Gasteiger partial charge in [0.2, 0.25) is 0 Å². The first-order chi connectivity index (χ1) is 9.29. The van der Waals surface area contributed by atoms with Crippen LogP contribution in [0.25, 0.3) is 11.0 Å². The Balaban J connectivity index is 1.92. The third-order valence-corrected chi connectivity index (χ3v) is 3.75. The van der Waals surface area contributed by atoms with Crippen molar-refractivity contribution in [1.82, 2.24) is 9.55 Å². The smallest absolute Gasteiger partial charge is 0.158 e. The van der Waals surface area contributed by atoms with Crippen LogP contribution in [0, 0.1) is 5.92 Å². The summed E-state index contributed by atoms with van der Waals surface area (Å²) in [6.45, 7) is 3.77. The first-order valence-corrected chi connectivity index (χ1v) is 6.84. The number of carbonyl (C=O) groups excluding carboxylic acids is 1. The molecular formula is C15H18N2O2. The van der Waals surface area contributed by atoms with Crippen LogP contribution in [0.3, 0.4) is 0 Å². The number of ketones is 1. The molecule has 100 valence electrons. The van der Waals surface area contributed by atoms with E-state index in [1.165, 1.54) is 0 Å². The van der Waals surface area contributed by atoms with E-state index in [0.717, 1.165) is 29.7 Å². The topological polar surface area (TPSA) is 44.1 Å². The van der Waals surface area contributed by atoms with Crippen molar-refractivity contribution in [2.75, 3.05) is 13.2 Å². The van der Waals surface area contributed by atoms with E-state index in [1.54, 1.807) is 0 Å². The molecule has 0 N–H and O–H groups in total. The molecule has 1 atom stereocenters. The number of ether oxygens (including phenoxy) is 1. The van der Waals surface area contributed by atoms with Gasteiger partial charge in [-0.15, -0.1) is 0 Å². The molecule has 1 saturated heterocycles. The molecule has 0 aliphatic carbocycles. The maximum atomic E-state index is 12.3. The molecule has 0 saturated carbocycles. The molecule has 4 heteroatoms. The lowest BCUT2D eigenvalue weighted by Crippen LogP contribution is -2.21. The molecule has 2 aromatic rings. The quantitative estimate of drug-likeness (QED) is 0.844. The van der Waals surface area contributed by atoms with Crippen LogP contribution in [0.5, 0.6) is 0 Å². The van der Waals surface area contributed by atoms with Crippen molar-refractivity contribution in [3.05, 3.63) is 30.1 Å². The van der Waals surface area contributed by atoms with Crippen molar-refractivity contribution in [3.63, 3.8) is 0 Å². The molecule has 1 aromatic heterocycles. The average molecular weight is 258 g/mol. The van der Waals surface area contributed by atoms with Gasteiger partial charge in [0, 0.05) is 18.9 Å². The number of carbonyl (C=O) groups is 1. The first-order valence-electron chi connectivity index (χ1n) is 6.84. The molecule has 0 bridgehead atoms. The number of hydrogen-bond donors (Lipinski definition) is 0. The van der Waals surface area contributed by atoms with Crippen LogP contribution in [-0.2, 0) is 22.5 Å². The fourth-order valence-corrected chi connectivity index (χ4v) is 2.65. The Kier molecular flexibility index (Phi) is 3.34. The molecule has 19 heavy (non-hydrogen) atoms. The molecular weight excluding hydrogens is 240 g/mol. The van der Waals surface area contributed by atoms with E-state index in [4.69, 9.17) is 4.74 Å². The lowest BCUT2D eigenvalue weighted by atomic mass is 10.0. The summed E-state index contributed by atoms with van der Waals surface area (Å²) in [7, 11) is 0. The molecule has 1 aliphatic heterocycles. The summed E-state index contributed by atoms with van der Waals surface area (Å²) in [6.07, 6.45) is 1.69. The number of fused-ring (bicyclic) bond motifs is 1. The van der Waals surface area contributed by atoms with Crippen LogP contribution in [0.2, 0.25) is 0 Å². The molecule has 0 spiro atoms. The number of para-hydroxylation sites is 2. The van der Waals surface area contributed by atoms with Gasteiger partial charge in [-0.05, 0) is 18.6 Å². The normalized spacial score (nSPS) is 19.1. The molecule has 0 radical (unpaired) electrons. The van der Waals surface area contributed by atoms with Gasteiger partial charge in [-0.3, -0.25) is 4.79 Å². The van der Waals surface area contributed by atoms with Crippen LogP contribution in [-0.4, -0.2) is 28.5 Å². The number of benzene rings is 1. The molecule has 3 rings (SSSR count). The number of rotatable bonds is 4. The Hall–Kier alpha value is -1.68. The zero-order chi connectivity index (χ0) is 13.2. The Morgan fingerprint density at radius 3 is 3.05 bits per heavy atom. The second-order valence-electron chi connectivity index (χ2n) is 4.98. The van der Waals surface area contributed by atoms with Crippen molar-refractivity contribution in [1.29, 1.82) is 0 Å². The molecule has 0 amide bonds. The van der Waals surface area contributed by atoms with Crippen molar-refractivity contribution in [2.45, 2.75) is 26.3 Å². The predicted octanol–water partition coefficient (Wildman–Crippen LogP) is 2.20. The fraction of sp³-hybridized carbons (Fsp3) is 0.467. The maximum Gasteiger partial charge on any atom is 0.158 e. The summed E-state index contributed by atoms with van der Waals surface area (Å²) in [4.78, 5) is 16.9. The van der Waals surface area contributed by atoms with E-state index in [2.05, 4.69) is 16.5 Å². The van der Waals surface area contributed by atoms with E-state index >= 15 is 0 Å². The number of aromatic nitrogens is 2. The minimum Gasteiger partial charge on any atom is -0.381 e. The van der Waals surface area contributed by atoms with Gasteiger partial charge < -0.3 is 9.30 Å². The summed E-state index contributed by atoms with van der Waals surface area (Å²) in [5.74, 6) is 1.30.